The third-order valence-electron chi connectivity index (χ3n) is 3.89. The Bertz CT molecular complexity index is 381. The summed E-state index contributed by atoms with van der Waals surface area (Å²) in [5.41, 5.74) is 1.32. The highest BCUT2D eigenvalue weighted by Gasteiger charge is 2.13. The second-order valence-corrected chi connectivity index (χ2v) is 6.40. The number of hydrogen-bond acceptors (Lipinski definition) is 2. The van der Waals surface area contributed by atoms with Crippen LogP contribution in [0.15, 0.2) is 24.3 Å². The van der Waals surface area contributed by atoms with Crippen LogP contribution in [-0.2, 0) is 6.54 Å². The maximum atomic E-state index is 6.18. The molecule has 0 bridgehead atoms. The van der Waals surface area contributed by atoms with E-state index in [0.29, 0.717) is 12.0 Å². The first-order valence-electron chi connectivity index (χ1n) is 8.20. The summed E-state index contributed by atoms with van der Waals surface area (Å²) in [6.07, 6.45) is 8.25. The number of rotatable bonds is 6. The van der Waals surface area contributed by atoms with Gasteiger partial charge in [-0.15, -0.1) is 0 Å². The molecule has 1 aromatic rings. The molecule has 1 aromatic carbocycles. The van der Waals surface area contributed by atoms with Crippen LogP contribution in [0.5, 0.6) is 5.75 Å². The zero-order valence-corrected chi connectivity index (χ0v) is 13.0. The SMILES string of the molecule is CC(C)CNCc1cccc(OC2CCCCCC2)c1. The van der Waals surface area contributed by atoms with E-state index in [1.165, 1.54) is 44.1 Å². The smallest absolute Gasteiger partial charge is 0.120 e. The van der Waals surface area contributed by atoms with E-state index in [-0.39, 0.29) is 0 Å². The van der Waals surface area contributed by atoms with Gasteiger partial charge in [0.05, 0.1) is 6.10 Å². The number of ether oxygens (including phenoxy) is 1. The second-order valence-electron chi connectivity index (χ2n) is 6.40. The largest absolute Gasteiger partial charge is 0.490 e. The molecule has 0 aliphatic heterocycles. The molecule has 2 nitrogen and oxygen atoms in total. The molecule has 0 spiro atoms. The molecule has 2 heteroatoms. The van der Waals surface area contributed by atoms with E-state index in [1.54, 1.807) is 0 Å². The van der Waals surface area contributed by atoms with E-state index in [1.807, 2.05) is 0 Å². The van der Waals surface area contributed by atoms with Crippen molar-refractivity contribution in [1.29, 1.82) is 0 Å². The normalized spacial score (nSPS) is 17.1. The second kappa shape index (κ2) is 8.31. The Morgan fingerprint density at radius 1 is 1.15 bits per heavy atom. The lowest BCUT2D eigenvalue weighted by molar-refractivity contribution is 0.183. The molecule has 1 fully saturated rings. The summed E-state index contributed by atoms with van der Waals surface area (Å²) in [4.78, 5) is 0. The quantitative estimate of drug-likeness (QED) is 0.770. The summed E-state index contributed by atoms with van der Waals surface area (Å²) >= 11 is 0. The Labute approximate surface area is 123 Å². The van der Waals surface area contributed by atoms with Gasteiger partial charge in [0, 0.05) is 6.54 Å². The van der Waals surface area contributed by atoms with Crippen molar-refractivity contribution in [2.24, 2.45) is 5.92 Å². The summed E-state index contributed by atoms with van der Waals surface area (Å²) < 4.78 is 6.18. The van der Waals surface area contributed by atoms with E-state index >= 15 is 0 Å². The highest BCUT2D eigenvalue weighted by molar-refractivity contribution is 5.28. The van der Waals surface area contributed by atoms with Crippen molar-refractivity contribution in [2.75, 3.05) is 6.54 Å². The molecule has 0 atom stereocenters. The van der Waals surface area contributed by atoms with Crippen LogP contribution >= 0.6 is 0 Å². The first-order chi connectivity index (χ1) is 9.74. The van der Waals surface area contributed by atoms with Gasteiger partial charge in [-0.3, -0.25) is 0 Å². The molecule has 20 heavy (non-hydrogen) atoms. The third kappa shape index (κ3) is 5.54. The number of hydrogen-bond donors (Lipinski definition) is 1. The predicted molar refractivity (Wildman–Crippen MR) is 85.1 cm³/mol. The van der Waals surface area contributed by atoms with Crippen LogP contribution in [0.2, 0.25) is 0 Å². The van der Waals surface area contributed by atoms with E-state index in [4.69, 9.17) is 4.74 Å². The van der Waals surface area contributed by atoms with E-state index in [2.05, 4.69) is 43.4 Å². The molecule has 0 radical (unpaired) electrons. The average Bonchev–Trinajstić information content (AvgIpc) is 2.67. The highest BCUT2D eigenvalue weighted by Crippen LogP contribution is 2.23. The van der Waals surface area contributed by atoms with Gasteiger partial charge < -0.3 is 10.1 Å². The minimum absolute atomic E-state index is 0.427. The minimum Gasteiger partial charge on any atom is -0.490 e. The van der Waals surface area contributed by atoms with Gasteiger partial charge in [0.2, 0.25) is 0 Å². The molecule has 1 saturated carbocycles. The summed E-state index contributed by atoms with van der Waals surface area (Å²) in [7, 11) is 0. The fourth-order valence-electron chi connectivity index (χ4n) is 2.79. The lowest BCUT2D eigenvalue weighted by atomic mass is 10.1. The molecule has 0 unspecified atom stereocenters. The maximum absolute atomic E-state index is 6.18. The first kappa shape index (κ1) is 15.4. The van der Waals surface area contributed by atoms with Crippen molar-refractivity contribution in [2.45, 2.75) is 65.0 Å². The Morgan fingerprint density at radius 3 is 2.60 bits per heavy atom. The Hall–Kier alpha value is -1.02. The standard InChI is InChI=1S/C18H29NO/c1-15(2)13-19-14-16-8-7-11-18(12-16)20-17-9-5-3-4-6-10-17/h7-8,11-12,15,17,19H,3-6,9-10,13-14H2,1-2H3. The van der Waals surface area contributed by atoms with E-state index in [9.17, 15) is 0 Å². The Morgan fingerprint density at radius 2 is 1.90 bits per heavy atom. The van der Waals surface area contributed by atoms with Crippen molar-refractivity contribution >= 4 is 0 Å². The van der Waals surface area contributed by atoms with Gasteiger partial charge in [-0.2, -0.15) is 0 Å². The highest BCUT2D eigenvalue weighted by atomic mass is 16.5. The summed E-state index contributed by atoms with van der Waals surface area (Å²) in [5.74, 6) is 1.74. The molecule has 0 saturated heterocycles. The summed E-state index contributed by atoms with van der Waals surface area (Å²) in [6, 6.07) is 8.57. The molecule has 1 aliphatic rings. The van der Waals surface area contributed by atoms with Gasteiger partial charge in [-0.05, 0) is 55.8 Å². The van der Waals surface area contributed by atoms with Gasteiger partial charge in [-0.25, -0.2) is 0 Å². The molecule has 112 valence electrons. The van der Waals surface area contributed by atoms with Gasteiger partial charge in [0.25, 0.3) is 0 Å². The van der Waals surface area contributed by atoms with Crippen molar-refractivity contribution in [3.05, 3.63) is 29.8 Å². The number of nitrogens with one attached hydrogen (secondary N) is 1. The monoisotopic (exact) mass is 275 g/mol. The predicted octanol–water partition coefficient (Wildman–Crippen LogP) is 4.53. The van der Waals surface area contributed by atoms with Gasteiger partial charge in [0.1, 0.15) is 5.75 Å². The van der Waals surface area contributed by atoms with Gasteiger partial charge in [-0.1, -0.05) is 38.8 Å². The van der Waals surface area contributed by atoms with Crippen LogP contribution in [0.4, 0.5) is 0 Å². The van der Waals surface area contributed by atoms with Crippen molar-refractivity contribution in [3.8, 4) is 5.75 Å². The van der Waals surface area contributed by atoms with Crippen LogP contribution < -0.4 is 10.1 Å². The molecule has 0 aromatic heterocycles. The van der Waals surface area contributed by atoms with E-state index < -0.39 is 0 Å². The molecule has 1 N–H and O–H groups in total. The molecule has 1 aliphatic carbocycles. The minimum atomic E-state index is 0.427. The molecule has 2 rings (SSSR count). The van der Waals surface area contributed by atoms with Crippen LogP contribution in [0.3, 0.4) is 0 Å². The lowest BCUT2D eigenvalue weighted by Gasteiger charge is -2.17. The maximum Gasteiger partial charge on any atom is 0.120 e. The van der Waals surface area contributed by atoms with Crippen molar-refractivity contribution in [3.63, 3.8) is 0 Å². The van der Waals surface area contributed by atoms with Crippen molar-refractivity contribution < 1.29 is 4.74 Å². The fourth-order valence-corrected chi connectivity index (χ4v) is 2.79. The third-order valence-corrected chi connectivity index (χ3v) is 3.89. The van der Waals surface area contributed by atoms with E-state index in [0.717, 1.165) is 18.8 Å². The number of benzene rings is 1. The zero-order chi connectivity index (χ0) is 14.2. The van der Waals surface area contributed by atoms with Crippen molar-refractivity contribution in [1.82, 2.24) is 5.32 Å². The topological polar surface area (TPSA) is 21.3 Å². The van der Waals surface area contributed by atoms with Gasteiger partial charge in [0.15, 0.2) is 0 Å². The van der Waals surface area contributed by atoms with Crippen LogP contribution in [0.25, 0.3) is 0 Å². The molecule has 0 amide bonds. The molecular weight excluding hydrogens is 246 g/mol. The molecule has 0 heterocycles. The Kier molecular flexibility index (Phi) is 6.38. The summed E-state index contributed by atoms with van der Waals surface area (Å²) in [6.45, 7) is 6.46. The Balaban J connectivity index is 1.84. The summed E-state index contributed by atoms with van der Waals surface area (Å²) in [5, 5.41) is 3.49. The molecular formula is C18H29NO. The zero-order valence-electron chi connectivity index (χ0n) is 13.0. The van der Waals surface area contributed by atoms with Gasteiger partial charge >= 0.3 is 0 Å². The van der Waals surface area contributed by atoms with Crippen LogP contribution in [0, 0.1) is 5.92 Å². The van der Waals surface area contributed by atoms with Crippen LogP contribution in [-0.4, -0.2) is 12.6 Å². The first-order valence-corrected chi connectivity index (χ1v) is 8.20. The average molecular weight is 275 g/mol. The van der Waals surface area contributed by atoms with Crippen LogP contribution in [0.1, 0.15) is 57.9 Å². The lowest BCUT2D eigenvalue weighted by Crippen LogP contribution is -2.19. The fraction of sp³-hybridized carbons (Fsp3) is 0.667.